The van der Waals surface area contributed by atoms with E-state index in [1.807, 2.05) is 11.6 Å². The van der Waals surface area contributed by atoms with Crippen molar-refractivity contribution >= 4 is 5.96 Å². The molecule has 3 N–H and O–H groups in total. The van der Waals surface area contributed by atoms with E-state index < -0.39 is 0 Å². The van der Waals surface area contributed by atoms with Gasteiger partial charge in [-0.2, -0.15) is 5.10 Å². The number of hydrogen-bond donors (Lipinski definition) is 2. The smallest absolute Gasteiger partial charge is 0.189 e. The molecule has 0 bridgehead atoms. The van der Waals surface area contributed by atoms with Crippen LogP contribution < -0.4 is 11.1 Å². The molecule has 20 heavy (non-hydrogen) atoms. The van der Waals surface area contributed by atoms with Crippen LogP contribution in [0.3, 0.4) is 0 Å². The first-order valence-corrected chi connectivity index (χ1v) is 7.71. The lowest BCUT2D eigenvalue weighted by Gasteiger charge is -2.23. The Kier molecular flexibility index (Phi) is 5.04. The van der Waals surface area contributed by atoms with Crippen LogP contribution in [0.1, 0.15) is 56.0 Å². The lowest BCUT2D eigenvalue weighted by molar-refractivity contribution is 0.412. The van der Waals surface area contributed by atoms with Gasteiger partial charge in [0.25, 0.3) is 0 Å². The van der Waals surface area contributed by atoms with Gasteiger partial charge in [-0.3, -0.25) is 4.68 Å². The van der Waals surface area contributed by atoms with Crippen LogP contribution in [-0.4, -0.2) is 21.8 Å². The number of nitrogens with zero attached hydrogens (tertiary/aromatic N) is 3. The molecule has 0 spiro atoms. The first-order chi connectivity index (χ1) is 9.61. The number of nitrogens with two attached hydrogens (primary N) is 1. The van der Waals surface area contributed by atoms with Gasteiger partial charge in [-0.15, -0.1) is 0 Å². The predicted octanol–water partition coefficient (Wildman–Crippen LogP) is 2.26. The van der Waals surface area contributed by atoms with E-state index >= 15 is 0 Å². The van der Waals surface area contributed by atoms with Crippen molar-refractivity contribution in [3.05, 3.63) is 17.0 Å². The van der Waals surface area contributed by atoms with Gasteiger partial charge >= 0.3 is 0 Å². The normalized spacial score (nSPS) is 17.4. The van der Waals surface area contributed by atoms with E-state index in [-0.39, 0.29) is 0 Å². The van der Waals surface area contributed by atoms with Crippen molar-refractivity contribution in [1.82, 2.24) is 15.1 Å². The van der Waals surface area contributed by atoms with Crippen LogP contribution in [0, 0.1) is 13.8 Å². The first kappa shape index (κ1) is 14.9. The third-order valence-electron chi connectivity index (χ3n) is 4.20. The number of aryl methyl sites for hydroxylation is 2. The molecule has 0 aromatic carbocycles. The molecule has 0 radical (unpaired) electrons. The summed E-state index contributed by atoms with van der Waals surface area (Å²) < 4.78 is 2.02. The lowest BCUT2D eigenvalue weighted by atomic mass is 9.96. The third kappa shape index (κ3) is 3.52. The fourth-order valence-corrected chi connectivity index (χ4v) is 2.94. The second-order valence-electron chi connectivity index (χ2n) is 5.65. The van der Waals surface area contributed by atoms with E-state index in [1.54, 1.807) is 0 Å². The van der Waals surface area contributed by atoms with Gasteiger partial charge in [-0.05, 0) is 33.6 Å². The van der Waals surface area contributed by atoms with E-state index in [0.717, 1.165) is 12.2 Å². The molecular weight excluding hydrogens is 250 g/mol. The van der Waals surface area contributed by atoms with Gasteiger partial charge in [0.15, 0.2) is 5.96 Å². The number of guanidine groups is 1. The van der Waals surface area contributed by atoms with Crippen molar-refractivity contribution in [2.75, 3.05) is 0 Å². The second kappa shape index (κ2) is 6.77. The average Bonchev–Trinajstić information content (AvgIpc) is 2.72. The molecule has 0 amide bonds. The Morgan fingerprint density at radius 2 is 2.05 bits per heavy atom. The zero-order chi connectivity index (χ0) is 14.5. The molecule has 112 valence electrons. The highest BCUT2D eigenvalue weighted by molar-refractivity contribution is 5.78. The third-order valence-corrected chi connectivity index (χ3v) is 4.20. The Hall–Kier alpha value is -1.52. The summed E-state index contributed by atoms with van der Waals surface area (Å²) in [6.45, 7) is 7.74. The maximum absolute atomic E-state index is 6.00. The second-order valence-corrected chi connectivity index (χ2v) is 5.65. The largest absolute Gasteiger partial charge is 0.370 e. The summed E-state index contributed by atoms with van der Waals surface area (Å²) in [6, 6.07) is 0.507. The fourth-order valence-electron chi connectivity index (χ4n) is 2.94. The van der Waals surface area contributed by atoms with Gasteiger partial charge in [0.05, 0.1) is 12.2 Å². The minimum absolute atomic E-state index is 0.507. The average molecular weight is 277 g/mol. The van der Waals surface area contributed by atoms with Crippen molar-refractivity contribution in [3.63, 3.8) is 0 Å². The Balaban J connectivity index is 1.95. The van der Waals surface area contributed by atoms with E-state index in [4.69, 9.17) is 5.73 Å². The van der Waals surface area contributed by atoms with Crippen LogP contribution in [-0.2, 0) is 13.1 Å². The van der Waals surface area contributed by atoms with Gasteiger partial charge in [-0.25, -0.2) is 4.99 Å². The van der Waals surface area contributed by atoms with Crippen LogP contribution in [0.2, 0.25) is 0 Å². The van der Waals surface area contributed by atoms with Crippen LogP contribution in [0.15, 0.2) is 4.99 Å². The van der Waals surface area contributed by atoms with Crippen molar-refractivity contribution < 1.29 is 0 Å². The molecule has 1 aromatic rings. The molecule has 5 nitrogen and oxygen atoms in total. The predicted molar refractivity (Wildman–Crippen MR) is 82.7 cm³/mol. The van der Waals surface area contributed by atoms with Crippen LogP contribution >= 0.6 is 0 Å². The first-order valence-electron chi connectivity index (χ1n) is 7.71. The van der Waals surface area contributed by atoms with E-state index in [1.165, 1.54) is 43.4 Å². The minimum Gasteiger partial charge on any atom is -0.370 e. The molecule has 1 fully saturated rings. The molecule has 0 saturated heterocycles. The van der Waals surface area contributed by atoms with Crippen LogP contribution in [0.5, 0.6) is 0 Å². The Morgan fingerprint density at radius 1 is 1.35 bits per heavy atom. The highest BCUT2D eigenvalue weighted by Crippen LogP contribution is 2.17. The molecule has 5 heteroatoms. The van der Waals surface area contributed by atoms with E-state index in [9.17, 15) is 0 Å². The maximum Gasteiger partial charge on any atom is 0.189 e. The van der Waals surface area contributed by atoms with Gasteiger partial charge in [0, 0.05) is 23.8 Å². The molecule has 1 aromatic heterocycles. The van der Waals surface area contributed by atoms with Gasteiger partial charge < -0.3 is 11.1 Å². The zero-order valence-electron chi connectivity index (χ0n) is 12.9. The van der Waals surface area contributed by atoms with Gasteiger partial charge in [0.1, 0.15) is 0 Å². The summed E-state index contributed by atoms with van der Waals surface area (Å²) in [7, 11) is 0. The summed E-state index contributed by atoms with van der Waals surface area (Å²) in [5.74, 6) is 0.569. The van der Waals surface area contributed by atoms with E-state index in [0.29, 0.717) is 18.5 Å². The van der Waals surface area contributed by atoms with Crippen molar-refractivity contribution in [2.24, 2.45) is 10.7 Å². The standard InChI is InChI=1S/C15H27N5/c1-4-20-12(3)14(11(2)19-20)10-17-15(16)18-13-8-6-5-7-9-13/h13H,4-10H2,1-3H3,(H3,16,17,18). The summed E-state index contributed by atoms with van der Waals surface area (Å²) in [5.41, 5.74) is 9.45. The molecule has 0 unspecified atom stereocenters. The van der Waals surface area contributed by atoms with Gasteiger partial charge in [0.2, 0.25) is 0 Å². The summed E-state index contributed by atoms with van der Waals surface area (Å²) in [4.78, 5) is 4.49. The number of aliphatic imine (C=N–C) groups is 1. The highest BCUT2D eigenvalue weighted by Gasteiger charge is 2.14. The van der Waals surface area contributed by atoms with Crippen molar-refractivity contribution in [2.45, 2.75) is 72.0 Å². The molecule has 1 aliphatic rings. The highest BCUT2D eigenvalue weighted by atomic mass is 15.3. The molecule has 2 rings (SSSR count). The topological polar surface area (TPSA) is 68.2 Å². The molecule has 0 atom stereocenters. The number of nitrogens with one attached hydrogen (secondary N) is 1. The number of rotatable bonds is 4. The molecule has 0 aliphatic heterocycles. The van der Waals surface area contributed by atoms with Gasteiger partial charge in [-0.1, -0.05) is 19.3 Å². The Morgan fingerprint density at radius 3 is 2.65 bits per heavy atom. The zero-order valence-corrected chi connectivity index (χ0v) is 12.9. The fraction of sp³-hybridized carbons (Fsp3) is 0.733. The number of aromatic nitrogens is 2. The minimum atomic E-state index is 0.507. The Labute approximate surface area is 121 Å². The van der Waals surface area contributed by atoms with Crippen LogP contribution in [0.4, 0.5) is 0 Å². The van der Waals surface area contributed by atoms with E-state index in [2.05, 4.69) is 29.3 Å². The summed E-state index contributed by atoms with van der Waals surface area (Å²) in [6.07, 6.45) is 6.37. The van der Waals surface area contributed by atoms with Crippen molar-refractivity contribution in [1.29, 1.82) is 0 Å². The lowest BCUT2D eigenvalue weighted by Crippen LogP contribution is -2.41. The molecule has 1 heterocycles. The quantitative estimate of drug-likeness (QED) is 0.655. The number of hydrogen-bond acceptors (Lipinski definition) is 2. The summed E-state index contributed by atoms with van der Waals surface area (Å²) in [5, 5.41) is 7.86. The maximum atomic E-state index is 6.00. The van der Waals surface area contributed by atoms with Crippen LogP contribution in [0.25, 0.3) is 0 Å². The molecule has 1 saturated carbocycles. The monoisotopic (exact) mass is 277 g/mol. The van der Waals surface area contributed by atoms with Crippen molar-refractivity contribution in [3.8, 4) is 0 Å². The molecular formula is C15H27N5. The molecule has 1 aliphatic carbocycles. The Bertz CT molecular complexity index is 469. The SMILES string of the molecule is CCn1nc(C)c(CN=C(N)NC2CCCCC2)c1C. The summed E-state index contributed by atoms with van der Waals surface area (Å²) >= 11 is 0.